The maximum absolute atomic E-state index is 13.1. The van der Waals surface area contributed by atoms with Crippen molar-refractivity contribution in [1.82, 2.24) is 0 Å². The zero-order valence-corrected chi connectivity index (χ0v) is 14.2. The summed E-state index contributed by atoms with van der Waals surface area (Å²) in [5, 5.41) is 2.76. The highest BCUT2D eigenvalue weighted by Crippen LogP contribution is 2.65. The van der Waals surface area contributed by atoms with Crippen molar-refractivity contribution >= 4 is 33.5 Å². The molecule has 0 aromatic heterocycles. The maximum atomic E-state index is 13.1. The van der Waals surface area contributed by atoms with E-state index in [9.17, 15) is 14.0 Å². The highest BCUT2D eigenvalue weighted by Gasteiger charge is 2.75. The van der Waals surface area contributed by atoms with Crippen LogP contribution in [-0.2, 0) is 14.3 Å². The van der Waals surface area contributed by atoms with Gasteiger partial charge >= 0.3 is 5.97 Å². The topological polar surface area (TPSA) is 55.4 Å². The third-order valence-electron chi connectivity index (χ3n) is 5.63. The van der Waals surface area contributed by atoms with E-state index in [1.165, 1.54) is 18.2 Å². The zero-order valence-electron chi connectivity index (χ0n) is 12.6. The SMILES string of the molecule is CC1(C)[C@@]2(C(=O)Nc3ccc(F)cc3Br)CC[C@]1(C)C(=O)O2. The van der Waals surface area contributed by atoms with Crippen LogP contribution in [0.4, 0.5) is 10.1 Å². The average Bonchev–Trinajstić information content (AvgIpc) is 2.72. The van der Waals surface area contributed by atoms with Gasteiger partial charge < -0.3 is 10.1 Å². The molecule has 1 aromatic carbocycles. The summed E-state index contributed by atoms with van der Waals surface area (Å²) < 4.78 is 19.1. The van der Waals surface area contributed by atoms with E-state index in [4.69, 9.17) is 4.74 Å². The zero-order chi connectivity index (χ0) is 16.3. The molecule has 1 saturated carbocycles. The monoisotopic (exact) mass is 369 g/mol. The Balaban J connectivity index is 1.94. The average molecular weight is 370 g/mol. The van der Waals surface area contributed by atoms with Crippen LogP contribution in [-0.4, -0.2) is 17.5 Å². The molecule has 4 nitrogen and oxygen atoms in total. The van der Waals surface area contributed by atoms with Crippen molar-refractivity contribution in [3.63, 3.8) is 0 Å². The molecule has 0 radical (unpaired) electrons. The summed E-state index contributed by atoms with van der Waals surface area (Å²) in [5.74, 6) is -1.08. The van der Waals surface area contributed by atoms with E-state index in [1.807, 2.05) is 20.8 Å². The van der Waals surface area contributed by atoms with E-state index in [0.717, 1.165) is 0 Å². The molecule has 2 fully saturated rings. The van der Waals surface area contributed by atoms with E-state index >= 15 is 0 Å². The van der Waals surface area contributed by atoms with Crippen LogP contribution in [0.2, 0.25) is 0 Å². The number of rotatable bonds is 2. The Hall–Kier alpha value is -1.43. The predicted molar refractivity (Wildman–Crippen MR) is 82.7 cm³/mol. The Morgan fingerprint density at radius 2 is 2.00 bits per heavy atom. The minimum atomic E-state index is -1.17. The second kappa shape index (κ2) is 4.54. The Kier molecular flexibility index (Phi) is 3.19. The molecule has 1 saturated heterocycles. The number of ether oxygens (including phenoxy) is 1. The van der Waals surface area contributed by atoms with Crippen LogP contribution in [0.25, 0.3) is 0 Å². The molecule has 1 aromatic rings. The molecule has 2 bridgehead atoms. The number of hydrogen-bond donors (Lipinski definition) is 1. The highest BCUT2D eigenvalue weighted by molar-refractivity contribution is 9.10. The van der Waals surface area contributed by atoms with Crippen molar-refractivity contribution in [3.05, 3.63) is 28.5 Å². The number of esters is 1. The van der Waals surface area contributed by atoms with Crippen molar-refractivity contribution < 1.29 is 18.7 Å². The van der Waals surface area contributed by atoms with Crippen LogP contribution in [0.15, 0.2) is 22.7 Å². The van der Waals surface area contributed by atoms with E-state index < -0.39 is 22.2 Å². The normalized spacial score (nSPS) is 32.0. The van der Waals surface area contributed by atoms with E-state index in [2.05, 4.69) is 21.2 Å². The number of halogens is 2. The van der Waals surface area contributed by atoms with E-state index in [-0.39, 0.29) is 11.9 Å². The molecule has 1 amide bonds. The first-order valence-electron chi connectivity index (χ1n) is 7.14. The fourth-order valence-corrected chi connectivity index (χ4v) is 4.01. The second-order valence-electron chi connectivity index (χ2n) is 6.75. The van der Waals surface area contributed by atoms with Gasteiger partial charge in [-0.05, 0) is 53.9 Å². The standard InChI is InChI=1S/C16H17BrFNO3/c1-14(2)15(3)6-7-16(14,22-13(15)21)12(20)19-11-5-4-9(18)8-10(11)17/h4-5,8H,6-7H2,1-3H3,(H,19,20)/t15-,16+/m1/s1. The highest BCUT2D eigenvalue weighted by atomic mass is 79.9. The molecule has 0 spiro atoms. The van der Waals surface area contributed by atoms with Crippen LogP contribution < -0.4 is 5.32 Å². The first kappa shape index (κ1) is 15.5. The van der Waals surface area contributed by atoms with Gasteiger partial charge in [-0.15, -0.1) is 0 Å². The largest absolute Gasteiger partial charge is 0.448 e. The molecule has 1 aliphatic heterocycles. The first-order valence-corrected chi connectivity index (χ1v) is 7.93. The lowest BCUT2D eigenvalue weighted by atomic mass is 9.66. The van der Waals surface area contributed by atoms with E-state index in [1.54, 1.807) is 0 Å². The first-order chi connectivity index (χ1) is 10.1. The lowest BCUT2D eigenvalue weighted by molar-refractivity contribution is -0.165. The molecule has 118 valence electrons. The van der Waals surface area contributed by atoms with Crippen molar-refractivity contribution in [2.45, 2.75) is 39.2 Å². The number of nitrogens with one attached hydrogen (secondary N) is 1. The van der Waals surface area contributed by atoms with Gasteiger partial charge in [0.1, 0.15) is 5.82 Å². The van der Waals surface area contributed by atoms with Gasteiger partial charge in [0.25, 0.3) is 5.91 Å². The van der Waals surface area contributed by atoms with Crippen LogP contribution in [0, 0.1) is 16.6 Å². The summed E-state index contributed by atoms with van der Waals surface area (Å²) in [5.41, 5.74) is -1.97. The van der Waals surface area contributed by atoms with Crippen molar-refractivity contribution in [2.24, 2.45) is 10.8 Å². The number of fused-ring (bicyclic) bond motifs is 2. The summed E-state index contributed by atoms with van der Waals surface area (Å²) >= 11 is 3.22. The van der Waals surface area contributed by atoms with Crippen LogP contribution >= 0.6 is 15.9 Å². The molecule has 1 heterocycles. The quantitative estimate of drug-likeness (QED) is 0.809. The predicted octanol–water partition coefficient (Wildman–Crippen LogP) is 3.65. The fourth-order valence-electron chi connectivity index (χ4n) is 3.56. The van der Waals surface area contributed by atoms with Crippen molar-refractivity contribution in [3.8, 4) is 0 Å². The van der Waals surface area contributed by atoms with Gasteiger partial charge in [-0.2, -0.15) is 0 Å². The van der Waals surface area contributed by atoms with E-state index in [0.29, 0.717) is 23.0 Å². The Labute approximate surface area is 136 Å². The molecular weight excluding hydrogens is 353 g/mol. The molecule has 1 aliphatic carbocycles. The summed E-state index contributed by atoms with van der Waals surface area (Å²) in [6.45, 7) is 5.64. The molecule has 2 aliphatic rings. The Morgan fingerprint density at radius 1 is 1.32 bits per heavy atom. The molecular formula is C16H17BrFNO3. The number of benzene rings is 1. The van der Waals surface area contributed by atoms with Gasteiger partial charge in [0.05, 0.1) is 11.1 Å². The van der Waals surface area contributed by atoms with Gasteiger partial charge in [-0.25, -0.2) is 4.39 Å². The Bertz CT molecular complexity index is 690. The molecule has 2 atom stereocenters. The minimum absolute atomic E-state index is 0.322. The number of amides is 1. The van der Waals surface area contributed by atoms with Crippen molar-refractivity contribution in [2.75, 3.05) is 5.32 Å². The number of carbonyl (C=O) groups is 2. The number of carbonyl (C=O) groups excluding carboxylic acids is 2. The third kappa shape index (κ3) is 1.73. The van der Waals surface area contributed by atoms with Gasteiger partial charge in [0.2, 0.25) is 0 Å². The van der Waals surface area contributed by atoms with Gasteiger partial charge in [0.15, 0.2) is 5.60 Å². The lowest BCUT2D eigenvalue weighted by Crippen LogP contribution is -2.50. The molecule has 22 heavy (non-hydrogen) atoms. The Morgan fingerprint density at radius 3 is 2.50 bits per heavy atom. The van der Waals surface area contributed by atoms with Gasteiger partial charge in [-0.1, -0.05) is 13.8 Å². The summed E-state index contributed by atoms with van der Waals surface area (Å²) in [6.07, 6.45) is 1.11. The smallest absolute Gasteiger partial charge is 0.313 e. The lowest BCUT2D eigenvalue weighted by Gasteiger charge is -2.35. The summed E-state index contributed by atoms with van der Waals surface area (Å²) in [7, 11) is 0. The molecule has 3 rings (SSSR count). The number of anilines is 1. The van der Waals surface area contributed by atoms with Crippen molar-refractivity contribution in [1.29, 1.82) is 0 Å². The molecule has 0 unspecified atom stereocenters. The van der Waals surface area contributed by atoms with Crippen LogP contribution in [0.3, 0.4) is 0 Å². The second-order valence-corrected chi connectivity index (χ2v) is 7.61. The van der Waals surface area contributed by atoms with Crippen LogP contribution in [0.1, 0.15) is 33.6 Å². The summed E-state index contributed by atoms with van der Waals surface area (Å²) in [6, 6.07) is 4.02. The number of hydrogen-bond acceptors (Lipinski definition) is 3. The minimum Gasteiger partial charge on any atom is -0.448 e. The molecule has 1 N–H and O–H groups in total. The maximum Gasteiger partial charge on any atom is 0.313 e. The van der Waals surface area contributed by atoms with Gasteiger partial charge in [0, 0.05) is 9.89 Å². The fraction of sp³-hybridized carbons (Fsp3) is 0.500. The summed E-state index contributed by atoms with van der Waals surface area (Å²) in [4.78, 5) is 25.0. The van der Waals surface area contributed by atoms with Crippen LogP contribution in [0.5, 0.6) is 0 Å². The van der Waals surface area contributed by atoms with Gasteiger partial charge in [-0.3, -0.25) is 9.59 Å². The molecule has 6 heteroatoms. The third-order valence-corrected chi connectivity index (χ3v) is 6.29.